The van der Waals surface area contributed by atoms with Gasteiger partial charge in [0, 0.05) is 23.6 Å². The Morgan fingerprint density at radius 3 is 2.63 bits per heavy atom. The SMILES string of the molecule is CN(Cc1csc(Br)c1)c1ccc(C(N)=S)cc1Br. The van der Waals surface area contributed by atoms with Crippen LogP contribution in [0.5, 0.6) is 0 Å². The van der Waals surface area contributed by atoms with Crippen molar-refractivity contribution in [3.05, 3.63) is 49.0 Å². The average molecular weight is 420 g/mol. The van der Waals surface area contributed by atoms with Crippen LogP contribution in [0.3, 0.4) is 0 Å². The number of halogens is 2. The van der Waals surface area contributed by atoms with E-state index < -0.39 is 0 Å². The molecule has 6 heteroatoms. The van der Waals surface area contributed by atoms with Crippen LogP contribution in [0.25, 0.3) is 0 Å². The predicted molar refractivity (Wildman–Crippen MR) is 94.2 cm³/mol. The Morgan fingerprint density at radius 2 is 2.11 bits per heavy atom. The van der Waals surface area contributed by atoms with Gasteiger partial charge >= 0.3 is 0 Å². The van der Waals surface area contributed by atoms with E-state index in [-0.39, 0.29) is 0 Å². The summed E-state index contributed by atoms with van der Waals surface area (Å²) in [6.07, 6.45) is 0. The second-order valence-electron chi connectivity index (χ2n) is 4.15. The Bertz CT molecular complexity index is 610. The lowest BCUT2D eigenvalue weighted by Crippen LogP contribution is -2.17. The molecule has 2 N–H and O–H groups in total. The summed E-state index contributed by atoms with van der Waals surface area (Å²) in [6.45, 7) is 0.854. The molecule has 1 aromatic carbocycles. The van der Waals surface area contributed by atoms with Crippen molar-refractivity contribution in [2.75, 3.05) is 11.9 Å². The van der Waals surface area contributed by atoms with Gasteiger partial charge in [-0.15, -0.1) is 11.3 Å². The maximum Gasteiger partial charge on any atom is 0.104 e. The van der Waals surface area contributed by atoms with Crippen LogP contribution in [0, 0.1) is 0 Å². The van der Waals surface area contributed by atoms with Crippen LogP contribution in [-0.2, 0) is 6.54 Å². The second-order valence-corrected chi connectivity index (χ2v) is 7.73. The maximum atomic E-state index is 5.63. The highest BCUT2D eigenvalue weighted by Crippen LogP contribution is 2.29. The fourth-order valence-corrected chi connectivity index (χ4v) is 3.77. The molecule has 0 amide bonds. The molecular weight excluding hydrogens is 408 g/mol. The molecule has 0 saturated carbocycles. The molecule has 0 bridgehead atoms. The predicted octanol–water partition coefficient (Wildman–Crippen LogP) is 4.54. The van der Waals surface area contributed by atoms with Crippen molar-refractivity contribution in [2.45, 2.75) is 6.54 Å². The third-order valence-electron chi connectivity index (χ3n) is 2.68. The highest BCUT2D eigenvalue weighted by Gasteiger charge is 2.09. The number of nitrogens with two attached hydrogens (primary N) is 1. The smallest absolute Gasteiger partial charge is 0.104 e. The Kier molecular flexibility index (Phi) is 5.00. The van der Waals surface area contributed by atoms with Gasteiger partial charge < -0.3 is 10.6 Å². The summed E-state index contributed by atoms with van der Waals surface area (Å²) < 4.78 is 2.15. The molecule has 1 aromatic heterocycles. The zero-order valence-electron chi connectivity index (χ0n) is 10.2. The lowest BCUT2D eigenvalue weighted by molar-refractivity contribution is 0.924. The van der Waals surface area contributed by atoms with Crippen molar-refractivity contribution in [1.82, 2.24) is 0 Å². The number of hydrogen-bond acceptors (Lipinski definition) is 3. The van der Waals surface area contributed by atoms with Crippen LogP contribution in [-0.4, -0.2) is 12.0 Å². The van der Waals surface area contributed by atoms with Crippen LogP contribution in [0.15, 0.2) is 37.9 Å². The van der Waals surface area contributed by atoms with E-state index in [2.05, 4.69) is 55.3 Å². The van der Waals surface area contributed by atoms with Gasteiger partial charge in [-0.25, -0.2) is 0 Å². The van der Waals surface area contributed by atoms with Gasteiger partial charge in [-0.05, 0) is 67.1 Å². The number of hydrogen-bond donors (Lipinski definition) is 1. The summed E-state index contributed by atoms with van der Waals surface area (Å²) in [5.41, 5.74) is 8.90. The zero-order chi connectivity index (χ0) is 14.0. The van der Waals surface area contributed by atoms with Crippen molar-refractivity contribution >= 4 is 66.1 Å². The van der Waals surface area contributed by atoms with Gasteiger partial charge in [0.2, 0.25) is 0 Å². The molecule has 0 unspecified atom stereocenters. The normalized spacial score (nSPS) is 10.5. The number of anilines is 1. The first kappa shape index (κ1) is 15.0. The Balaban J connectivity index is 2.19. The van der Waals surface area contributed by atoms with E-state index in [1.54, 1.807) is 11.3 Å². The third kappa shape index (κ3) is 3.78. The van der Waals surface area contributed by atoms with E-state index in [1.165, 1.54) is 5.56 Å². The molecule has 0 atom stereocenters. The monoisotopic (exact) mass is 418 g/mol. The van der Waals surface area contributed by atoms with Gasteiger partial charge in [0.25, 0.3) is 0 Å². The van der Waals surface area contributed by atoms with E-state index in [0.29, 0.717) is 4.99 Å². The minimum atomic E-state index is 0.414. The van der Waals surface area contributed by atoms with Gasteiger partial charge in [0.15, 0.2) is 0 Å². The molecule has 100 valence electrons. The van der Waals surface area contributed by atoms with E-state index in [0.717, 1.165) is 26.1 Å². The molecule has 0 fully saturated rings. The van der Waals surface area contributed by atoms with Crippen molar-refractivity contribution in [3.8, 4) is 0 Å². The maximum absolute atomic E-state index is 5.63. The van der Waals surface area contributed by atoms with E-state index >= 15 is 0 Å². The summed E-state index contributed by atoms with van der Waals surface area (Å²) in [6, 6.07) is 8.07. The number of benzene rings is 1. The fraction of sp³-hybridized carbons (Fsp3) is 0.154. The molecule has 19 heavy (non-hydrogen) atoms. The number of rotatable bonds is 4. The van der Waals surface area contributed by atoms with Crippen LogP contribution in [0.4, 0.5) is 5.69 Å². The highest BCUT2D eigenvalue weighted by molar-refractivity contribution is 9.11. The number of nitrogens with zero attached hydrogens (tertiary/aromatic N) is 1. The topological polar surface area (TPSA) is 29.3 Å². The van der Waals surface area contributed by atoms with Crippen LogP contribution >= 0.6 is 55.4 Å². The summed E-state index contributed by atoms with van der Waals surface area (Å²) in [5.74, 6) is 0. The van der Waals surface area contributed by atoms with Crippen LogP contribution < -0.4 is 10.6 Å². The molecule has 2 nitrogen and oxygen atoms in total. The lowest BCUT2D eigenvalue weighted by atomic mass is 10.2. The average Bonchev–Trinajstić information content (AvgIpc) is 2.74. The third-order valence-corrected chi connectivity index (χ3v) is 5.11. The van der Waals surface area contributed by atoms with Crippen molar-refractivity contribution in [3.63, 3.8) is 0 Å². The molecule has 1 heterocycles. The van der Waals surface area contributed by atoms with Gasteiger partial charge in [0.05, 0.1) is 9.47 Å². The van der Waals surface area contributed by atoms with E-state index in [9.17, 15) is 0 Å². The summed E-state index contributed by atoms with van der Waals surface area (Å²) in [7, 11) is 2.06. The van der Waals surface area contributed by atoms with E-state index in [1.807, 2.05) is 18.2 Å². The molecule has 0 aliphatic heterocycles. The highest BCUT2D eigenvalue weighted by atomic mass is 79.9. The quantitative estimate of drug-likeness (QED) is 0.737. The molecule has 0 radical (unpaired) electrons. The first-order valence-electron chi connectivity index (χ1n) is 5.51. The van der Waals surface area contributed by atoms with Crippen LogP contribution in [0.1, 0.15) is 11.1 Å². The Hall–Kier alpha value is -0.430. The van der Waals surface area contributed by atoms with E-state index in [4.69, 9.17) is 18.0 Å². The van der Waals surface area contributed by atoms with Gasteiger partial charge in [-0.2, -0.15) is 0 Å². The Labute approximate surface area is 138 Å². The summed E-state index contributed by atoms with van der Waals surface area (Å²) >= 11 is 13.7. The lowest BCUT2D eigenvalue weighted by Gasteiger charge is -2.20. The van der Waals surface area contributed by atoms with Crippen molar-refractivity contribution in [2.24, 2.45) is 5.73 Å². The molecular formula is C13H12Br2N2S2. The summed E-state index contributed by atoms with van der Waals surface area (Å²) in [5, 5.41) is 2.15. The van der Waals surface area contributed by atoms with Gasteiger partial charge in [-0.3, -0.25) is 0 Å². The molecule has 2 aromatic rings. The number of thiophene rings is 1. The fourth-order valence-electron chi connectivity index (χ4n) is 1.76. The summed E-state index contributed by atoms with van der Waals surface area (Å²) in [4.78, 5) is 2.60. The molecule has 0 aliphatic carbocycles. The Morgan fingerprint density at radius 1 is 1.37 bits per heavy atom. The molecule has 2 rings (SSSR count). The van der Waals surface area contributed by atoms with Gasteiger partial charge in [-0.1, -0.05) is 12.2 Å². The minimum Gasteiger partial charge on any atom is -0.389 e. The van der Waals surface area contributed by atoms with Gasteiger partial charge in [0.1, 0.15) is 4.99 Å². The number of thiocarbonyl (C=S) groups is 1. The standard InChI is InChI=1S/C13H12Br2N2S2/c1-17(6-8-4-12(15)19-7-8)11-3-2-9(13(16)18)5-10(11)14/h2-5,7H,6H2,1H3,(H2,16,18). The van der Waals surface area contributed by atoms with Crippen molar-refractivity contribution in [1.29, 1.82) is 0 Å². The molecule has 0 aliphatic rings. The largest absolute Gasteiger partial charge is 0.389 e. The van der Waals surface area contributed by atoms with Crippen molar-refractivity contribution < 1.29 is 0 Å². The second kappa shape index (κ2) is 6.35. The minimum absolute atomic E-state index is 0.414. The zero-order valence-corrected chi connectivity index (χ0v) is 15.0. The van der Waals surface area contributed by atoms with Crippen LogP contribution in [0.2, 0.25) is 0 Å². The molecule has 0 spiro atoms. The first-order valence-corrected chi connectivity index (χ1v) is 8.38. The molecule has 0 saturated heterocycles. The first-order chi connectivity index (χ1) is 8.97.